The number of hydrogen-bond acceptors (Lipinski definition) is 0. The Morgan fingerprint density at radius 1 is 1.06 bits per heavy atom. The van der Waals surface area contributed by atoms with E-state index in [1.165, 1.54) is 18.1 Å². The Kier molecular flexibility index (Phi) is 6.43. The van der Waals surface area contributed by atoms with E-state index in [1.807, 2.05) is 0 Å². The fourth-order valence-electron chi connectivity index (χ4n) is 1.83. The maximum absolute atomic E-state index is 3.61. The Balaban J connectivity index is 5.15. The first-order chi connectivity index (χ1) is 7.42. The Hall–Kier alpha value is -0.753. The smallest absolute Gasteiger partial charge is 0.260 e. The van der Waals surface area contributed by atoms with Crippen LogP contribution in [0, 0.1) is 11.5 Å². The first-order valence-corrected chi connectivity index (χ1v) is 8.79. The van der Waals surface area contributed by atoms with Crippen LogP contribution in [0.4, 0.5) is 0 Å². The highest BCUT2D eigenvalue weighted by Crippen LogP contribution is 2.18. The van der Waals surface area contributed by atoms with E-state index < -0.39 is 8.07 Å². The van der Waals surface area contributed by atoms with Crippen molar-refractivity contribution in [3.63, 3.8) is 0 Å². The summed E-state index contributed by atoms with van der Waals surface area (Å²) in [5.74, 6) is 4.50. The summed E-state index contributed by atoms with van der Waals surface area (Å²) in [4.78, 5) is 2.09. The summed E-state index contributed by atoms with van der Waals surface area (Å²) in [5, 5.41) is 0. The van der Waals surface area contributed by atoms with Crippen molar-refractivity contribution in [2.75, 3.05) is 28.2 Å². The molecule has 0 aliphatic carbocycles. The minimum absolute atomic E-state index is 1.10. The second-order valence-electron chi connectivity index (χ2n) is 4.70. The molecule has 0 aliphatic rings. The lowest BCUT2D eigenvalue weighted by Gasteiger charge is -2.20. The zero-order valence-corrected chi connectivity index (χ0v) is 13.0. The van der Waals surface area contributed by atoms with Gasteiger partial charge in [-0.05, 0) is 18.1 Å². The Morgan fingerprint density at radius 3 is 1.75 bits per heavy atom. The van der Waals surface area contributed by atoms with Crippen LogP contribution in [0.25, 0.3) is 0 Å². The molecule has 0 spiro atoms. The predicted octanol–water partition coefficient (Wildman–Crippen LogP) is 2.27. The molecule has 0 fully saturated rings. The molecule has 0 atom stereocenters. The molecule has 0 N–H and O–H groups in total. The number of rotatable bonds is 3. The first kappa shape index (κ1) is 15.2. The zero-order chi connectivity index (χ0) is 12.8. The summed E-state index contributed by atoms with van der Waals surface area (Å²) in [7, 11) is 6.90. The van der Waals surface area contributed by atoms with Crippen LogP contribution in [0.2, 0.25) is 18.1 Å². The lowest BCUT2D eigenvalue weighted by atomic mass is 10.5. The van der Waals surface area contributed by atoms with Gasteiger partial charge in [-0.2, -0.15) is 0 Å². The molecule has 0 heterocycles. The van der Waals surface area contributed by atoms with Crippen molar-refractivity contribution in [3.05, 3.63) is 0 Å². The molecule has 0 amide bonds. The van der Waals surface area contributed by atoms with Gasteiger partial charge in [-0.25, -0.2) is 0 Å². The van der Waals surface area contributed by atoms with Gasteiger partial charge in [-0.3, -0.25) is 9.48 Å². The summed E-state index contributed by atoms with van der Waals surface area (Å²) >= 11 is 0. The van der Waals surface area contributed by atoms with Crippen molar-refractivity contribution in [3.8, 4) is 11.5 Å². The molecular formula is C13H27N2Si+. The highest BCUT2D eigenvalue weighted by molar-refractivity contribution is 6.87. The normalized spacial score (nSPS) is 10.4. The summed E-state index contributed by atoms with van der Waals surface area (Å²) in [5.41, 5.74) is 3.61. The van der Waals surface area contributed by atoms with Crippen LogP contribution >= 0.6 is 0 Å². The van der Waals surface area contributed by atoms with Gasteiger partial charge in [0.1, 0.15) is 8.07 Å². The molecule has 0 saturated carbocycles. The number of hydrogen-bond donors (Lipinski definition) is 0. The summed E-state index contributed by atoms with van der Waals surface area (Å²) in [6, 6.07) is 3.80. The molecule has 0 rings (SSSR count). The molecule has 0 aromatic rings. The Labute approximate surface area is 102 Å². The highest BCUT2D eigenvalue weighted by Gasteiger charge is 2.24. The molecule has 0 radical (unpaired) electrons. The lowest BCUT2D eigenvalue weighted by molar-refractivity contribution is -0.468. The van der Waals surface area contributed by atoms with E-state index >= 15 is 0 Å². The standard InChI is InChI=1S/C13H27N2Si/c1-8-16(9-2,10-3)12-11-13(14(4)5)15(6)7/h8-10H2,1-7H3/q+1. The van der Waals surface area contributed by atoms with Crippen LogP contribution in [0.15, 0.2) is 0 Å². The zero-order valence-electron chi connectivity index (χ0n) is 12.0. The quantitative estimate of drug-likeness (QED) is 0.241. The average Bonchev–Trinajstić information content (AvgIpc) is 2.24. The fourth-order valence-corrected chi connectivity index (χ4v) is 4.23. The maximum Gasteiger partial charge on any atom is 0.323 e. The van der Waals surface area contributed by atoms with E-state index in [0.29, 0.717) is 0 Å². The second-order valence-corrected chi connectivity index (χ2v) is 9.64. The van der Waals surface area contributed by atoms with Gasteiger partial charge in [0.25, 0.3) is 0 Å². The fraction of sp³-hybridized carbons (Fsp3) is 0.769. The molecule has 0 unspecified atom stereocenters. The molecular weight excluding hydrogens is 212 g/mol. The van der Waals surface area contributed by atoms with Gasteiger partial charge in [-0.1, -0.05) is 20.8 Å². The highest BCUT2D eigenvalue weighted by atomic mass is 28.3. The second kappa shape index (κ2) is 6.75. The van der Waals surface area contributed by atoms with Gasteiger partial charge >= 0.3 is 5.84 Å². The average molecular weight is 239 g/mol. The maximum atomic E-state index is 3.61. The van der Waals surface area contributed by atoms with Gasteiger partial charge in [-0.15, -0.1) is 5.54 Å². The van der Waals surface area contributed by atoms with Crippen molar-refractivity contribution in [1.29, 1.82) is 0 Å². The Bertz CT molecular complexity index is 291. The van der Waals surface area contributed by atoms with Crippen molar-refractivity contribution in [2.45, 2.75) is 38.9 Å². The number of nitrogens with zero attached hydrogens (tertiary/aromatic N) is 2. The number of amidine groups is 1. The van der Waals surface area contributed by atoms with E-state index in [1.54, 1.807) is 0 Å². The first-order valence-electron chi connectivity index (χ1n) is 6.17. The van der Waals surface area contributed by atoms with Gasteiger partial charge < -0.3 is 0 Å². The lowest BCUT2D eigenvalue weighted by Crippen LogP contribution is -2.32. The third-order valence-electron chi connectivity index (χ3n) is 3.32. The van der Waals surface area contributed by atoms with Gasteiger partial charge in [0, 0.05) is 5.92 Å². The van der Waals surface area contributed by atoms with Crippen molar-refractivity contribution in [2.24, 2.45) is 0 Å². The van der Waals surface area contributed by atoms with Gasteiger partial charge in [0.05, 0.1) is 28.2 Å². The van der Waals surface area contributed by atoms with Gasteiger partial charge in [0.15, 0.2) is 0 Å². The molecule has 0 aromatic carbocycles. The summed E-state index contributed by atoms with van der Waals surface area (Å²) < 4.78 is 2.09. The third-order valence-corrected chi connectivity index (χ3v) is 8.03. The topological polar surface area (TPSA) is 6.25 Å². The van der Waals surface area contributed by atoms with E-state index in [2.05, 4.69) is 69.9 Å². The van der Waals surface area contributed by atoms with Crippen LogP contribution in [0.1, 0.15) is 20.8 Å². The Morgan fingerprint density at radius 2 is 1.50 bits per heavy atom. The van der Waals surface area contributed by atoms with Crippen LogP contribution in [0.3, 0.4) is 0 Å². The van der Waals surface area contributed by atoms with E-state index in [0.717, 1.165) is 5.84 Å². The van der Waals surface area contributed by atoms with Crippen LogP contribution in [-0.4, -0.2) is 51.6 Å². The minimum atomic E-state index is -1.31. The van der Waals surface area contributed by atoms with Crippen molar-refractivity contribution in [1.82, 2.24) is 4.90 Å². The van der Waals surface area contributed by atoms with E-state index in [-0.39, 0.29) is 0 Å². The molecule has 0 saturated heterocycles. The monoisotopic (exact) mass is 239 g/mol. The van der Waals surface area contributed by atoms with Crippen molar-refractivity contribution < 1.29 is 4.58 Å². The molecule has 0 bridgehead atoms. The van der Waals surface area contributed by atoms with Crippen molar-refractivity contribution >= 4 is 13.9 Å². The molecule has 0 aliphatic heterocycles. The molecule has 0 aromatic heterocycles. The van der Waals surface area contributed by atoms with E-state index in [9.17, 15) is 0 Å². The van der Waals surface area contributed by atoms with Crippen LogP contribution in [0.5, 0.6) is 0 Å². The van der Waals surface area contributed by atoms with Gasteiger partial charge in [0.2, 0.25) is 0 Å². The van der Waals surface area contributed by atoms with Crippen LogP contribution in [-0.2, 0) is 0 Å². The SMILES string of the molecule is CC[Si](C#CC(N(C)C)=[N+](C)C)(CC)CC. The third kappa shape index (κ3) is 4.01. The molecule has 16 heavy (non-hydrogen) atoms. The summed E-state index contributed by atoms with van der Waals surface area (Å²) in [6.45, 7) is 6.87. The minimum Gasteiger partial charge on any atom is -0.260 e. The van der Waals surface area contributed by atoms with E-state index in [4.69, 9.17) is 0 Å². The molecule has 92 valence electrons. The summed E-state index contributed by atoms with van der Waals surface area (Å²) in [6.07, 6.45) is 0. The predicted molar refractivity (Wildman–Crippen MR) is 75.8 cm³/mol. The van der Waals surface area contributed by atoms with Crippen LogP contribution < -0.4 is 0 Å². The molecule has 3 heteroatoms. The largest absolute Gasteiger partial charge is 0.323 e. The molecule has 2 nitrogen and oxygen atoms in total.